The average Bonchev–Trinajstić information content (AvgIpc) is 3.26. The van der Waals surface area contributed by atoms with Crippen LogP contribution in [0.15, 0.2) is 37.2 Å². The Morgan fingerprint density at radius 3 is 2.60 bits per heavy atom. The highest BCUT2D eigenvalue weighted by molar-refractivity contribution is 5.50. The number of rotatable bonds is 8. The van der Waals surface area contributed by atoms with Gasteiger partial charge in [0.15, 0.2) is 11.5 Å². The number of methoxy groups -OCH3 is 1. The number of hydrogen-bond donors (Lipinski definition) is 1. The van der Waals surface area contributed by atoms with Gasteiger partial charge in [0.1, 0.15) is 11.4 Å². The summed E-state index contributed by atoms with van der Waals surface area (Å²) in [7, 11) is 3.65. The van der Waals surface area contributed by atoms with E-state index in [1.165, 1.54) is 5.56 Å². The van der Waals surface area contributed by atoms with Crippen LogP contribution in [0, 0.1) is 0 Å². The molecule has 162 valence electrons. The Hall–Kier alpha value is -2.31. The second-order valence-electron chi connectivity index (χ2n) is 8.57. The van der Waals surface area contributed by atoms with E-state index in [1.54, 1.807) is 13.3 Å². The second-order valence-corrected chi connectivity index (χ2v) is 8.57. The quantitative estimate of drug-likeness (QED) is 0.673. The first kappa shape index (κ1) is 20.9. The number of hydrogen-bond acceptors (Lipinski definition) is 5. The molecule has 2 saturated heterocycles. The van der Waals surface area contributed by atoms with E-state index in [1.807, 2.05) is 30.8 Å². The Labute approximate surface area is 179 Å². The molecule has 0 aliphatic carbocycles. The molecule has 4 rings (SSSR count). The number of imidazole rings is 1. The molecule has 0 spiro atoms. The number of nitrogens with zero attached hydrogens (tertiary/aromatic N) is 3. The molecule has 2 aliphatic heterocycles. The van der Waals surface area contributed by atoms with Crippen LogP contribution in [0.2, 0.25) is 0 Å². The van der Waals surface area contributed by atoms with Crippen molar-refractivity contribution in [2.45, 2.75) is 63.3 Å². The lowest BCUT2D eigenvalue weighted by Crippen LogP contribution is -2.50. The zero-order valence-corrected chi connectivity index (χ0v) is 18.3. The molecule has 6 nitrogen and oxygen atoms in total. The summed E-state index contributed by atoms with van der Waals surface area (Å²) in [5, 5.41) is 11.4. The Morgan fingerprint density at radius 2 is 2.03 bits per heavy atom. The van der Waals surface area contributed by atoms with Gasteiger partial charge >= 0.3 is 0 Å². The smallest absolute Gasteiger partial charge is 0.164 e. The average molecular weight is 412 g/mol. The molecule has 1 N–H and O–H groups in total. The number of fused-ring (bicyclic) bond motifs is 2. The highest BCUT2D eigenvalue weighted by atomic mass is 16.5. The summed E-state index contributed by atoms with van der Waals surface area (Å²) in [5.74, 6) is 2.38. The van der Waals surface area contributed by atoms with Crippen LogP contribution < -0.4 is 9.47 Å². The number of aliphatic hydroxyl groups is 1. The normalized spacial score (nSPS) is 26.0. The van der Waals surface area contributed by atoms with Gasteiger partial charge < -0.3 is 19.1 Å². The molecule has 0 saturated carbocycles. The summed E-state index contributed by atoms with van der Waals surface area (Å²) in [5.41, 5.74) is 1.48. The van der Waals surface area contributed by atoms with Crippen molar-refractivity contribution in [3.63, 3.8) is 0 Å². The standard InChI is InChI=1S/C24H33N3O3/c1-5-7-18-12-17(13-21(29-4)22(18)30-6-2)16-27-19-8-9-20(27)15-24(28,14-19)23-25-10-11-26(23)3/h5,10-13,19-20,28H,1,6-9,14-16H2,2-4H3/t19-,20-/m0/s1. The molecule has 6 heteroatoms. The van der Waals surface area contributed by atoms with Gasteiger partial charge in [-0.15, -0.1) is 6.58 Å². The highest BCUT2D eigenvalue weighted by Gasteiger charge is 2.49. The molecule has 0 unspecified atom stereocenters. The van der Waals surface area contributed by atoms with Crippen molar-refractivity contribution < 1.29 is 14.6 Å². The predicted molar refractivity (Wildman–Crippen MR) is 117 cm³/mol. The van der Waals surface area contributed by atoms with Gasteiger partial charge in [-0.05, 0) is 50.7 Å². The highest BCUT2D eigenvalue weighted by Crippen LogP contribution is 2.46. The van der Waals surface area contributed by atoms with Crippen LogP contribution in [0.5, 0.6) is 11.5 Å². The summed E-state index contributed by atoms with van der Waals surface area (Å²) < 4.78 is 13.5. The minimum absolute atomic E-state index is 0.353. The van der Waals surface area contributed by atoms with Gasteiger partial charge in [0.2, 0.25) is 0 Å². The molecule has 2 atom stereocenters. The number of allylic oxidation sites excluding steroid dienone is 1. The lowest BCUT2D eigenvalue weighted by atomic mass is 9.85. The molecule has 3 heterocycles. The van der Waals surface area contributed by atoms with Gasteiger partial charge in [0.05, 0.1) is 13.7 Å². The molecule has 2 bridgehead atoms. The maximum atomic E-state index is 11.4. The fourth-order valence-electron chi connectivity index (χ4n) is 5.36. The van der Waals surface area contributed by atoms with E-state index in [0.29, 0.717) is 18.7 Å². The Bertz CT molecular complexity index is 893. The first-order valence-electron chi connectivity index (χ1n) is 10.9. The molecule has 2 fully saturated rings. The molecule has 0 amide bonds. The second kappa shape index (κ2) is 8.44. The van der Waals surface area contributed by atoms with E-state index in [4.69, 9.17) is 9.47 Å². The Kier molecular flexibility index (Phi) is 5.89. The summed E-state index contributed by atoms with van der Waals surface area (Å²) in [4.78, 5) is 7.01. The first-order chi connectivity index (χ1) is 14.5. The zero-order chi connectivity index (χ0) is 21.3. The molecule has 1 aromatic heterocycles. The van der Waals surface area contributed by atoms with Crippen molar-refractivity contribution in [3.05, 3.63) is 54.1 Å². The third-order valence-corrected chi connectivity index (χ3v) is 6.58. The minimum atomic E-state index is -0.842. The van der Waals surface area contributed by atoms with Gasteiger partial charge in [-0.1, -0.05) is 12.1 Å². The van der Waals surface area contributed by atoms with Gasteiger partial charge in [-0.25, -0.2) is 4.98 Å². The number of benzene rings is 1. The molecular weight excluding hydrogens is 378 g/mol. The van der Waals surface area contributed by atoms with E-state index in [-0.39, 0.29) is 0 Å². The predicted octanol–water partition coefficient (Wildman–Crippen LogP) is 3.57. The molecular formula is C24H33N3O3. The zero-order valence-electron chi connectivity index (χ0n) is 18.3. The SMILES string of the molecule is C=CCc1cc(CN2[C@H]3CC[C@H]2CC(O)(c2nccn2C)C3)cc(OC)c1OCC. The summed E-state index contributed by atoms with van der Waals surface area (Å²) >= 11 is 0. The van der Waals surface area contributed by atoms with Crippen LogP contribution in [0.4, 0.5) is 0 Å². The molecule has 1 aromatic carbocycles. The van der Waals surface area contributed by atoms with Crippen molar-refractivity contribution in [1.29, 1.82) is 0 Å². The summed E-state index contributed by atoms with van der Waals surface area (Å²) in [6, 6.07) is 5.02. The van der Waals surface area contributed by atoms with Gasteiger partial charge in [0.25, 0.3) is 0 Å². The number of aryl methyl sites for hydroxylation is 1. The number of piperidine rings is 1. The van der Waals surface area contributed by atoms with Crippen molar-refractivity contribution in [1.82, 2.24) is 14.5 Å². The maximum Gasteiger partial charge on any atom is 0.164 e. The molecule has 30 heavy (non-hydrogen) atoms. The van der Waals surface area contributed by atoms with Crippen molar-refractivity contribution in [2.75, 3.05) is 13.7 Å². The van der Waals surface area contributed by atoms with E-state index >= 15 is 0 Å². The van der Waals surface area contributed by atoms with Crippen LogP contribution in [0.1, 0.15) is 49.6 Å². The third kappa shape index (κ3) is 3.74. The van der Waals surface area contributed by atoms with Crippen LogP contribution >= 0.6 is 0 Å². The summed E-state index contributed by atoms with van der Waals surface area (Å²) in [6.45, 7) is 7.33. The van der Waals surface area contributed by atoms with Crippen molar-refractivity contribution in [3.8, 4) is 11.5 Å². The van der Waals surface area contributed by atoms with Crippen LogP contribution in [0.25, 0.3) is 0 Å². The first-order valence-corrected chi connectivity index (χ1v) is 10.9. The maximum absolute atomic E-state index is 11.4. The van der Waals surface area contributed by atoms with E-state index in [9.17, 15) is 5.11 Å². The molecule has 2 aliphatic rings. The summed E-state index contributed by atoms with van der Waals surface area (Å²) in [6.07, 6.45) is 10.0. The fourth-order valence-corrected chi connectivity index (χ4v) is 5.36. The number of ether oxygens (including phenoxy) is 2. The van der Waals surface area contributed by atoms with E-state index in [2.05, 4.69) is 28.6 Å². The van der Waals surface area contributed by atoms with Crippen LogP contribution in [-0.2, 0) is 25.6 Å². The molecule has 2 aromatic rings. The lowest BCUT2D eigenvalue weighted by Gasteiger charge is -2.43. The Morgan fingerprint density at radius 1 is 1.30 bits per heavy atom. The monoisotopic (exact) mass is 411 g/mol. The van der Waals surface area contributed by atoms with E-state index in [0.717, 1.165) is 61.5 Å². The minimum Gasteiger partial charge on any atom is -0.493 e. The van der Waals surface area contributed by atoms with Crippen molar-refractivity contribution in [2.24, 2.45) is 7.05 Å². The number of aromatic nitrogens is 2. The van der Waals surface area contributed by atoms with Gasteiger partial charge in [-0.2, -0.15) is 0 Å². The topological polar surface area (TPSA) is 59.8 Å². The van der Waals surface area contributed by atoms with Gasteiger partial charge in [-0.3, -0.25) is 4.90 Å². The van der Waals surface area contributed by atoms with Gasteiger partial charge in [0, 0.05) is 43.6 Å². The van der Waals surface area contributed by atoms with Crippen LogP contribution in [0.3, 0.4) is 0 Å². The lowest BCUT2D eigenvalue weighted by molar-refractivity contribution is -0.0669. The van der Waals surface area contributed by atoms with E-state index < -0.39 is 5.60 Å². The fraction of sp³-hybridized carbons (Fsp3) is 0.542. The van der Waals surface area contributed by atoms with Crippen LogP contribution in [-0.4, -0.2) is 45.4 Å². The third-order valence-electron chi connectivity index (χ3n) is 6.58. The Balaban J connectivity index is 1.58. The van der Waals surface area contributed by atoms with Crippen molar-refractivity contribution >= 4 is 0 Å². The molecule has 0 radical (unpaired) electrons. The largest absolute Gasteiger partial charge is 0.493 e.